The van der Waals surface area contributed by atoms with Gasteiger partial charge < -0.3 is 9.84 Å². The second-order valence-electron chi connectivity index (χ2n) is 6.03. The molecule has 1 heterocycles. The summed E-state index contributed by atoms with van der Waals surface area (Å²) < 4.78 is 6.28. The van der Waals surface area contributed by atoms with Crippen LogP contribution in [0.4, 0.5) is 4.79 Å². The topological polar surface area (TPSA) is 108 Å². The monoisotopic (exact) mass is 506 g/mol. The van der Waals surface area contributed by atoms with Gasteiger partial charge in [0, 0.05) is 5.56 Å². The van der Waals surface area contributed by atoms with Crippen molar-refractivity contribution < 1.29 is 24.2 Å². The maximum absolute atomic E-state index is 12.3. The van der Waals surface area contributed by atoms with E-state index in [2.05, 4.69) is 22.0 Å². The molecule has 1 aliphatic heterocycles. The van der Waals surface area contributed by atoms with Crippen molar-refractivity contribution in [3.63, 3.8) is 0 Å². The number of hydrogen-bond donors (Lipinski definition) is 1. The van der Waals surface area contributed by atoms with E-state index in [4.69, 9.17) is 26.7 Å². The number of nitrogens with zero attached hydrogens (tertiary/aromatic N) is 2. The molecule has 0 aliphatic carbocycles. The van der Waals surface area contributed by atoms with E-state index in [1.807, 2.05) is 0 Å². The summed E-state index contributed by atoms with van der Waals surface area (Å²) in [5.41, 5.74) is 1.73. The quantitative estimate of drug-likeness (QED) is 0.566. The highest BCUT2D eigenvalue weighted by atomic mass is 79.9. The van der Waals surface area contributed by atoms with E-state index in [1.165, 1.54) is 6.08 Å². The van der Waals surface area contributed by atoms with Crippen LogP contribution in [0.5, 0.6) is 5.75 Å². The summed E-state index contributed by atoms with van der Waals surface area (Å²) in [7, 11) is 0. The van der Waals surface area contributed by atoms with Crippen LogP contribution in [-0.4, -0.2) is 33.7 Å². The van der Waals surface area contributed by atoms with Crippen LogP contribution < -0.4 is 4.74 Å². The van der Waals surface area contributed by atoms with E-state index in [9.17, 15) is 14.4 Å². The lowest BCUT2D eigenvalue weighted by molar-refractivity contribution is -0.140. The number of thioether (sulfide) groups is 1. The lowest BCUT2D eigenvalue weighted by Crippen LogP contribution is -2.33. The number of amides is 2. The summed E-state index contributed by atoms with van der Waals surface area (Å²) in [5, 5.41) is 17.6. The lowest BCUT2D eigenvalue weighted by atomic mass is 10.1. The number of hydrogen-bond acceptors (Lipinski definition) is 6. The van der Waals surface area contributed by atoms with Gasteiger partial charge in [-0.05, 0) is 57.5 Å². The van der Waals surface area contributed by atoms with Crippen LogP contribution in [-0.2, 0) is 16.2 Å². The molecule has 0 unspecified atom stereocenters. The molecule has 0 saturated carbocycles. The van der Waals surface area contributed by atoms with Gasteiger partial charge in [0.1, 0.15) is 13.2 Å². The first kappa shape index (κ1) is 21.9. The van der Waals surface area contributed by atoms with Gasteiger partial charge in [0.05, 0.1) is 26.0 Å². The number of imide groups is 1. The number of rotatable bonds is 6. The van der Waals surface area contributed by atoms with E-state index < -0.39 is 23.7 Å². The molecule has 0 atom stereocenters. The van der Waals surface area contributed by atoms with Crippen molar-refractivity contribution in [2.45, 2.75) is 6.61 Å². The number of aliphatic carboxylic acids is 1. The summed E-state index contributed by atoms with van der Waals surface area (Å²) in [4.78, 5) is 35.7. The van der Waals surface area contributed by atoms with Gasteiger partial charge in [-0.15, -0.1) is 0 Å². The third-order valence-electron chi connectivity index (χ3n) is 4.00. The van der Waals surface area contributed by atoms with Crippen molar-refractivity contribution in [1.29, 1.82) is 5.26 Å². The molecule has 0 bridgehead atoms. The fourth-order valence-corrected chi connectivity index (χ4v) is 4.46. The smallest absolute Gasteiger partial charge is 0.323 e. The molecule has 1 saturated heterocycles. The van der Waals surface area contributed by atoms with Crippen LogP contribution in [0, 0.1) is 11.3 Å². The second kappa shape index (κ2) is 9.34. The van der Waals surface area contributed by atoms with Crippen molar-refractivity contribution in [3.8, 4) is 11.8 Å². The summed E-state index contributed by atoms with van der Waals surface area (Å²) in [6.45, 7) is -0.557. The predicted molar refractivity (Wildman–Crippen MR) is 115 cm³/mol. The SMILES string of the molecule is N#Cc1ccccc1COc1c(Cl)cc(/C=C2/SC(=O)N(CC(=O)O)C2=O)cc1Br. The Hall–Kier alpha value is -2.80. The van der Waals surface area contributed by atoms with E-state index in [1.54, 1.807) is 36.4 Å². The van der Waals surface area contributed by atoms with Gasteiger partial charge >= 0.3 is 5.97 Å². The second-order valence-corrected chi connectivity index (χ2v) is 8.29. The minimum Gasteiger partial charge on any atom is -0.486 e. The van der Waals surface area contributed by atoms with Crippen LogP contribution in [0.25, 0.3) is 6.08 Å². The first-order valence-electron chi connectivity index (χ1n) is 8.37. The van der Waals surface area contributed by atoms with Gasteiger partial charge in [-0.2, -0.15) is 5.26 Å². The number of nitriles is 1. The molecule has 2 aromatic carbocycles. The summed E-state index contributed by atoms with van der Waals surface area (Å²) >= 11 is 10.4. The zero-order valence-corrected chi connectivity index (χ0v) is 18.3. The summed E-state index contributed by atoms with van der Waals surface area (Å²) in [6, 6.07) is 12.3. The molecule has 2 amide bonds. The normalized spacial score (nSPS) is 14.8. The lowest BCUT2D eigenvalue weighted by Gasteiger charge is -2.12. The van der Waals surface area contributed by atoms with Crippen LogP contribution in [0.15, 0.2) is 45.8 Å². The number of carbonyl (C=O) groups is 3. The summed E-state index contributed by atoms with van der Waals surface area (Å²) in [5.74, 6) is -1.59. The molecule has 0 aromatic heterocycles. The minimum atomic E-state index is -1.27. The van der Waals surface area contributed by atoms with Crippen LogP contribution in [0.2, 0.25) is 5.02 Å². The molecule has 0 radical (unpaired) electrons. The summed E-state index contributed by atoms with van der Waals surface area (Å²) in [6.07, 6.45) is 1.46. The van der Waals surface area contributed by atoms with Gasteiger partial charge in [-0.25, -0.2) is 0 Å². The van der Waals surface area contributed by atoms with Crippen molar-refractivity contribution >= 4 is 62.5 Å². The number of benzene rings is 2. The van der Waals surface area contributed by atoms with Crippen LogP contribution in [0.1, 0.15) is 16.7 Å². The zero-order valence-electron chi connectivity index (χ0n) is 15.1. The maximum atomic E-state index is 12.3. The Bertz CT molecular complexity index is 1110. The van der Waals surface area contributed by atoms with E-state index in [0.29, 0.717) is 43.6 Å². The molecule has 1 fully saturated rings. The Balaban J connectivity index is 1.80. The molecule has 30 heavy (non-hydrogen) atoms. The Morgan fingerprint density at radius 1 is 1.33 bits per heavy atom. The van der Waals surface area contributed by atoms with Crippen LogP contribution in [0.3, 0.4) is 0 Å². The molecule has 2 aromatic rings. The number of halogens is 2. The van der Waals surface area contributed by atoms with Crippen molar-refractivity contribution in [3.05, 3.63) is 67.5 Å². The average Bonchev–Trinajstić information content (AvgIpc) is 2.94. The largest absolute Gasteiger partial charge is 0.486 e. The molecule has 152 valence electrons. The average molecular weight is 508 g/mol. The highest BCUT2D eigenvalue weighted by molar-refractivity contribution is 9.10. The first-order valence-corrected chi connectivity index (χ1v) is 10.4. The van der Waals surface area contributed by atoms with Gasteiger partial charge in [-0.3, -0.25) is 19.3 Å². The highest BCUT2D eigenvalue weighted by Crippen LogP contribution is 2.38. The first-order chi connectivity index (χ1) is 14.3. The van der Waals surface area contributed by atoms with E-state index in [-0.39, 0.29) is 16.5 Å². The van der Waals surface area contributed by atoms with E-state index in [0.717, 1.165) is 0 Å². The van der Waals surface area contributed by atoms with Gasteiger partial charge in [0.25, 0.3) is 11.1 Å². The standard InChI is InChI=1S/C20H12BrClN2O5S/c21-14-5-11(7-16-19(27)24(9-17(25)26)20(28)30-16)6-15(22)18(14)29-10-13-4-2-1-3-12(13)8-23/h1-7H,9-10H2,(H,25,26)/b16-7+. The minimum absolute atomic E-state index is 0.0980. The number of carboxylic acid groups (broad SMARTS) is 1. The van der Waals surface area contributed by atoms with Crippen molar-refractivity contribution in [2.24, 2.45) is 0 Å². The number of carbonyl (C=O) groups excluding carboxylic acids is 2. The molecular formula is C20H12BrClN2O5S. The number of ether oxygens (including phenoxy) is 1. The molecule has 7 nitrogen and oxygen atoms in total. The fourth-order valence-electron chi connectivity index (χ4n) is 2.63. The third-order valence-corrected chi connectivity index (χ3v) is 5.77. The van der Waals surface area contributed by atoms with Crippen LogP contribution >= 0.6 is 39.3 Å². The maximum Gasteiger partial charge on any atom is 0.323 e. The van der Waals surface area contributed by atoms with E-state index >= 15 is 0 Å². The Morgan fingerprint density at radius 2 is 2.07 bits per heavy atom. The predicted octanol–water partition coefficient (Wildman–Crippen LogP) is 4.67. The number of carboxylic acids is 1. The molecule has 1 aliphatic rings. The van der Waals surface area contributed by atoms with Crippen molar-refractivity contribution in [2.75, 3.05) is 6.54 Å². The van der Waals surface area contributed by atoms with Crippen molar-refractivity contribution in [1.82, 2.24) is 4.90 Å². The van der Waals surface area contributed by atoms with Gasteiger partial charge in [0.2, 0.25) is 0 Å². The molecule has 1 N–H and O–H groups in total. The third kappa shape index (κ3) is 4.84. The Kier molecular flexibility index (Phi) is 6.82. The molecule has 10 heteroatoms. The Morgan fingerprint density at radius 3 is 2.73 bits per heavy atom. The highest BCUT2D eigenvalue weighted by Gasteiger charge is 2.36. The molecular weight excluding hydrogens is 496 g/mol. The fraction of sp³-hybridized carbons (Fsp3) is 0.100. The van der Waals surface area contributed by atoms with Gasteiger partial charge in [0.15, 0.2) is 5.75 Å². The molecule has 0 spiro atoms. The Labute approximate surface area is 189 Å². The zero-order chi connectivity index (χ0) is 21.8. The van der Waals surface area contributed by atoms with Gasteiger partial charge in [-0.1, -0.05) is 29.8 Å². The molecule has 3 rings (SSSR count).